The van der Waals surface area contributed by atoms with Gasteiger partial charge in [0.2, 0.25) is 0 Å². The topological polar surface area (TPSA) is 55.8 Å². The Hall–Kier alpha value is -2.04. The molecule has 0 spiro atoms. The first-order valence-electron chi connectivity index (χ1n) is 7.17. The van der Waals surface area contributed by atoms with E-state index in [9.17, 15) is 9.59 Å². The zero-order valence-electron chi connectivity index (χ0n) is 14.4. The average Bonchev–Trinajstić information content (AvgIpc) is 2.41. The third-order valence-corrected chi connectivity index (χ3v) is 3.39. The fourth-order valence-corrected chi connectivity index (χ4v) is 2.04. The monoisotopic (exact) mass is 307 g/mol. The Morgan fingerprint density at radius 1 is 1.23 bits per heavy atom. The normalized spacial score (nSPS) is 12.5. The highest BCUT2D eigenvalue weighted by atomic mass is 16.6. The van der Waals surface area contributed by atoms with Crippen LogP contribution < -0.4 is 4.74 Å². The lowest BCUT2D eigenvalue weighted by Gasteiger charge is -2.29. The van der Waals surface area contributed by atoms with Crippen LogP contribution in [0.1, 0.15) is 43.5 Å². The number of carbonyl (C=O) groups is 2. The lowest BCUT2D eigenvalue weighted by molar-refractivity contribution is -0.112. The number of aryl methyl sites for hydroxylation is 2. The van der Waals surface area contributed by atoms with E-state index < -0.39 is 17.7 Å². The van der Waals surface area contributed by atoms with Crippen LogP contribution in [0.2, 0.25) is 0 Å². The van der Waals surface area contributed by atoms with Crippen molar-refractivity contribution in [3.05, 3.63) is 28.8 Å². The molecule has 5 nitrogen and oxygen atoms in total. The van der Waals surface area contributed by atoms with E-state index in [-0.39, 0.29) is 0 Å². The molecular formula is C17H25NO4. The maximum absolute atomic E-state index is 12.2. The van der Waals surface area contributed by atoms with Crippen LogP contribution in [0.3, 0.4) is 0 Å². The van der Waals surface area contributed by atoms with E-state index in [1.807, 2.05) is 26.0 Å². The van der Waals surface area contributed by atoms with E-state index in [1.165, 1.54) is 4.90 Å². The summed E-state index contributed by atoms with van der Waals surface area (Å²) >= 11 is 0. The van der Waals surface area contributed by atoms with Crippen molar-refractivity contribution in [1.82, 2.24) is 4.90 Å². The van der Waals surface area contributed by atoms with Crippen molar-refractivity contribution in [2.24, 2.45) is 0 Å². The maximum Gasteiger partial charge on any atom is 0.410 e. The second-order valence-electron chi connectivity index (χ2n) is 6.35. The highest BCUT2D eigenvalue weighted by molar-refractivity contribution is 5.75. The van der Waals surface area contributed by atoms with E-state index in [0.717, 1.165) is 17.4 Å². The summed E-state index contributed by atoms with van der Waals surface area (Å²) in [5, 5.41) is 0. The molecule has 122 valence electrons. The number of benzene rings is 1. The van der Waals surface area contributed by atoms with Gasteiger partial charge >= 0.3 is 6.09 Å². The Bertz CT molecular complexity index is 561. The van der Waals surface area contributed by atoms with Crippen LogP contribution in [0.15, 0.2) is 12.1 Å². The molecule has 1 atom stereocenters. The van der Waals surface area contributed by atoms with Crippen molar-refractivity contribution in [1.29, 1.82) is 0 Å². The van der Waals surface area contributed by atoms with Crippen LogP contribution in [0.4, 0.5) is 4.79 Å². The Morgan fingerprint density at radius 2 is 1.77 bits per heavy atom. The Kier molecular flexibility index (Phi) is 5.58. The Morgan fingerprint density at radius 3 is 2.23 bits per heavy atom. The lowest BCUT2D eigenvalue weighted by Crippen LogP contribution is -2.37. The summed E-state index contributed by atoms with van der Waals surface area (Å²) in [6, 6.07) is 2.97. The van der Waals surface area contributed by atoms with E-state index in [1.54, 1.807) is 34.9 Å². The molecule has 0 aliphatic carbocycles. The van der Waals surface area contributed by atoms with Gasteiger partial charge in [-0.3, -0.25) is 4.90 Å². The molecule has 1 aromatic carbocycles. The molecule has 0 aliphatic heterocycles. The minimum absolute atomic E-state index is 0.551. The molecule has 0 saturated heterocycles. The number of likely N-dealkylation sites (N-methyl/N-ethyl adjacent to an activating group) is 1. The number of hydrogen-bond donors (Lipinski definition) is 0. The van der Waals surface area contributed by atoms with Crippen LogP contribution in [0, 0.1) is 13.8 Å². The second-order valence-corrected chi connectivity index (χ2v) is 6.35. The van der Waals surface area contributed by atoms with Crippen molar-refractivity contribution in [3.63, 3.8) is 0 Å². The molecule has 0 saturated carbocycles. The summed E-state index contributed by atoms with van der Waals surface area (Å²) in [6.07, 6.45) is 0.168. The van der Waals surface area contributed by atoms with Crippen molar-refractivity contribution in [2.45, 2.75) is 46.3 Å². The highest BCUT2D eigenvalue weighted by Gasteiger charge is 2.28. The first-order valence-corrected chi connectivity index (χ1v) is 7.17. The minimum atomic E-state index is -0.760. The zero-order chi connectivity index (χ0) is 17.1. The Labute approximate surface area is 132 Å². The number of ether oxygens (including phenoxy) is 2. The van der Waals surface area contributed by atoms with Gasteiger partial charge in [0.05, 0.1) is 7.11 Å². The van der Waals surface area contributed by atoms with Gasteiger partial charge in [-0.1, -0.05) is 0 Å². The molecule has 22 heavy (non-hydrogen) atoms. The maximum atomic E-state index is 12.2. The molecule has 0 radical (unpaired) electrons. The molecule has 1 unspecified atom stereocenters. The fourth-order valence-electron chi connectivity index (χ4n) is 2.04. The number of aldehydes is 1. The standard InChI is InChI=1S/C17H25NO4/c1-11-8-13(15(21-7)9-12(11)2)14(10-19)18(6)16(20)22-17(3,4)5/h8-10,14H,1-7H3. The molecule has 0 aromatic heterocycles. The molecule has 0 fully saturated rings. The van der Waals surface area contributed by atoms with Gasteiger partial charge in [0, 0.05) is 12.6 Å². The SMILES string of the molecule is COc1cc(C)c(C)cc1C(C=O)N(C)C(=O)OC(C)(C)C. The molecular weight excluding hydrogens is 282 g/mol. The smallest absolute Gasteiger partial charge is 0.410 e. The average molecular weight is 307 g/mol. The number of amides is 1. The number of rotatable bonds is 4. The van der Waals surface area contributed by atoms with Gasteiger partial charge in [0.15, 0.2) is 0 Å². The van der Waals surface area contributed by atoms with Gasteiger partial charge in [-0.15, -0.1) is 0 Å². The molecule has 0 bridgehead atoms. The number of methoxy groups -OCH3 is 1. The number of nitrogens with zero attached hydrogens (tertiary/aromatic N) is 1. The molecule has 1 aromatic rings. The second kappa shape index (κ2) is 6.81. The largest absolute Gasteiger partial charge is 0.496 e. The zero-order valence-corrected chi connectivity index (χ0v) is 14.4. The summed E-state index contributed by atoms with van der Waals surface area (Å²) < 4.78 is 10.7. The fraction of sp³-hybridized carbons (Fsp3) is 0.529. The predicted molar refractivity (Wildman–Crippen MR) is 85.3 cm³/mol. The van der Waals surface area contributed by atoms with Crippen LogP contribution >= 0.6 is 0 Å². The molecule has 1 amide bonds. The molecule has 5 heteroatoms. The van der Waals surface area contributed by atoms with Crippen molar-refractivity contribution < 1.29 is 19.1 Å². The van der Waals surface area contributed by atoms with Crippen molar-refractivity contribution in [2.75, 3.05) is 14.2 Å². The van der Waals surface area contributed by atoms with Crippen molar-refractivity contribution in [3.8, 4) is 5.75 Å². The molecule has 0 heterocycles. The number of carbonyl (C=O) groups excluding carboxylic acids is 2. The third-order valence-electron chi connectivity index (χ3n) is 3.39. The molecule has 0 aliphatic rings. The van der Waals surface area contributed by atoms with Gasteiger partial charge in [0.25, 0.3) is 0 Å². The Balaban J connectivity index is 3.18. The summed E-state index contributed by atoms with van der Waals surface area (Å²) in [6.45, 7) is 9.27. The first-order chi connectivity index (χ1) is 10.1. The van der Waals surface area contributed by atoms with Crippen LogP contribution in [-0.4, -0.2) is 37.0 Å². The highest BCUT2D eigenvalue weighted by Crippen LogP contribution is 2.31. The van der Waals surface area contributed by atoms with E-state index in [4.69, 9.17) is 9.47 Å². The predicted octanol–water partition coefficient (Wildman–Crippen LogP) is 3.42. The molecule has 0 N–H and O–H groups in total. The van der Waals surface area contributed by atoms with Gasteiger partial charge in [-0.25, -0.2) is 4.79 Å². The van der Waals surface area contributed by atoms with Gasteiger partial charge < -0.3 is 14.3 Å². The summed E-state index contributed by atoms with van der Waals surface area (Å²) in [7, 11) is 3.09. The number of hydrogen-bond acceptors (Lipinski definition) is 4. The molecule has 1 rings (SSSR count). The van der Waals surface area contributed by atoms with Gasteiger partial charge in [0.1, 0.15) is 23.7 Å². The van der Waals surface area contributed by atoms with E-state index >= 15 is 0 Å². The van der Waals surface area contributed by atoms with E-state index in [2.05, 4.69) is 0 Å². The van der Waals surface area contributed by atoms with E-state index in [0.29, 0.717) is 11.3 Å². The van der Waals surface area contributed by atoms with Crippen molar-refractivity contribution >= 4 is 12.4 Å². The summed E-state index contributed by atoms with van der Waals surface area (Å²) in [5.41, 5.74) is 2.12. The third kappa shape index (κ3) is 4.23. The summed E-state index contributed by atoms with van der Waals surface area (Å²) in [5.74, 6) is 0.579. The van der Waals surface area contributed by atoms with Gasteiger partial charge in [-0.2, -0.15) is 0 Å². The van der Waals surface area contributed by atoms with Crippen LogP contribution in [-0.2, 0) is 9.53 Å². The first kappa shape index (κ1) is 18.0. The lowest BCUT2D eigenvalue weighted by atomic mass is 9.99. The minimum Gasteiger partial charge on any atom is -0.496 e. The quantitative estimate of drug-likeness (QED) is 0.800. The van der Waals surface area contributed by atoms with Crippen LogP contribution in [0.25, 0.3) is 0 Å². The van der Waals surface area contributed by atoms with Crippen LogP contribution in [0.5, 0.6) is 5.75 Å². The summed E-state index contributed by atoms with van der Waals surface area (Å²) in [4.78, 5) is 25.0. The van der Waals surface area contributed by atoms with Gasteiger partial charge in [-0.05, 0) is 57.9 Å².